The third-order valence-electron chi connectivity index (χ3n) is 2.25. The van der Waals surface area contributed by atoms with Gasteiger partial charge in [0, 0.05) is 5.88 Å². The summed E-state index contributed by atoms with van der Waals surface area (Å²) in [6.07, 6.45) is 3.10. The van der Waals surface area contributed by atoms with Gasteiger partial charge in [0.15, 0.2) is 0 Å². The molecule has 94 valence electrons. The van der Waals surface area contributed by atoms with Crippen LogP contribution in [0.4, 0.5) is 0 Å². The van der Waals surface area contributed by atoms with E-state index in [2.05, 4.69) is 0 Å². The highest BCUT2D eigenvalue weighted by Crippen LogP contribution is 2.14. The van der Waals surface area contributed by atoms with Crippen LogP contribution in [-0.4, -0.2) is 23.7 Å². The highest BCUT2D eigenvalue weighted by atomic mass is 35.5. The summed E-state index contributed by atoms with van der Waals surface area (Å²) >= 11 is 5.55. The van der Waals surface area contributed by atoms with E-state index in [1.807, 2.05) is 0 Å². The largest absolute Gasteiger partial charge is 0.462 e. The first-order valence-electron chi connectivity index (χ1n) is 5.76. The summed E-state index contributed by atoms with van der Waals surface area (Å²) in [5.41, 5.74) is 0. The van der Waals surface area contributed by atoms with E-state index in [0.717, 1.165) is 19.3 Å². The van der Waals surface area contributed by atoms with Crippen LogP contribution in [0, 0.1) is 5.92 Å². The molecule has 0 aromatic rings. The van der Waals surface area contributed by atoms with Crippen LogP contribution in [0.1, 0.15) is 46.5 Å². The average Bonchev–Trinajstić information content (AvgIpc) is 2.15. The molecule has 1 atom stereocenters. The number of carbonyl (C=O) groups excluding carboxylic acids is 2. The van der Waals surface area contributed by atoms with E-state index < -0.39 is 11.9 Å². The Morgan fingerprint density at radius 2 is 1.81 bits per heavy atom. The smallest absolute Gasteiger partial charge is 0.316 e. The highest BCUT2D eigenvalue weighted by Gasteiger charge is 2.24. The monoisotopic (exact) mass is 248 g/mol. The number of ether oxygens (including phenoxy) is 1. The van der Waals surface area contributed by atoms with Crippen molar-refractivity contribution in [1.29, 1.82) is 0 Å². The molecule has 4 heteroatoms. The molecule has 0 amide bonds. The van der Waals surface area contributed by atoms with E-state index in [4.69, 9.17) is 16.3 Å². The van der Waals surface area contributed by atoms with Crippen molar-refractivity contribution in [3.8, 4) is 0 Å². The minimum atomic E-state index is -0.599. The molecule has 0 aromatic carbocycles. The van der Waals surface area contributed by atoms with Crippen molar-refractivity contribution < 1.29 is 14.3 Å². The summed E-state index contributed by atoms with van der Waals surface area (Å²) in [6.45, 7) is 5.00. The highest BCUT2D eigenvalue weighted by molar-refractivity contribution is 6.17. The van der Waals surface area contributed by atoms with Crippen molar-refractivity contribution >= 4 is 23.4 Å². The van der Waals surface area contributed by atoms with Crippen LogP contribution in [0.15, 0.2) is 0 Å². The fourth-order valence-electron chi connectivity index (χ4n) is 1.42. The second-order valence-electron chi connectivity index (χ2n) is 4.19. The number of halogens is 1. The van der Waals surface area contributed by atoms with Crippen LogP contribution in [0.25, 0.3) is 0 Å². The zero-order chi connectivity index (χ0) is 12.6. The number of hydrogen-bond acceptors (Lipinski definition) is 3. The van der Waals surface area contributed by atoms with E-state index in [0.29, 0.717) is 12.3 Å². The van der Waals surface area contributed by atoms with Gasteiger partial charge in [0.2, 0.25) is 0 Å². The van der Waals surface area contributed by atoms with Crippen LogP contribution in [0.2, 0.25) is 0 Å². The SMILES string of the molecule is CC(=O)C(CCCCCCl)C(=O)OC(C)C. The summed E-state index contributed by atoms with van der Waals surface area (Å²) < 4.78 is 5.04. The number of alkyl halides is 1. The number of carbonyl (C=O) groups is 2. The van der Waals surface area contributed by atoms with Crippen LogP contribution >= 0.6 is 11.6 Å². The van der Waals surface area contributed by atoms with Gasteiger partial charge in [-0.05, 0) is 33.6 Å². The second kappa shape index (κ2) is 8.57. The number of ketones is 1. The van der Waals surface area contributed by atoms with Crippen LogP contribution in [-0.2, 0) is 14.3 Å². The fraction of sp³-hybridized carbons (Fsp3) is 0.833. The van der Waals surface area contributed by atoms with Crippen molar-refractivity contribution in [2.24, 2.45) is 5.92 Å². The fourth-order valence-corrected chi connectivity index (χ4v) is 1.61. The Kier molecular flexibility index (Phi) is 8.26. The van der Waals surface area contributed by atoms with Crippen molar-refractivity contribution in [1.82, 2.24) is 0 Å². The lowest BCUT2D eigenvalue weighted by molar-refractivity contribution is -0.155. The normalized spacial score (nSPS) is 12.6. The number of rotatable bonds is 8. The number of unbranched alkanes of at least 4 members (excludes halogenated alkanes) is 2. The molecule has 16 heavy (non-hydrogen) atoms. The Labute approximate surface area is 102 Å². The van der Waals surface area contributed by atoms with Crippen LogP contribution in [0.3, 0.4) is 0 Å². The molecule has 0 N–H and O–H groups in total. The van der Waals surface area contributed by atoms with Crippen LogP contribution < -0.4 is 0 Å². The Bertz CT molecular complexity index is 226. The van der Waals surface area contributed by atoms with Gasteiger partial charge in [-0.1, -0.05) is 12.8 Å². The Morgan fingerprint density at radius 3 is 2.25 bits per heavy atom. The standard InChI is InChI=1S/C12H21ClO3/c1-9(2)16-12(15)11(10(3)14)7-5-4-6-8-13/h9,11H,4-8H2,1-3H3. The van der Waals surface area contributed by atoms with E-state index in [-0.39, 0.29) is 11.9 Å². The van der Waals surface area contributed by atoms with E-state index in [9.17, 15) is 9.59 Å². The predicted molar refractivity (Wildman–Crippen MR) is 64.6 cm³/mol. The topological polar surface area (TPSA) is 43.4 Å². The molecule has 0 rings (SSSR count). The first-order valence-corrected chi connectivity index (χ1v) is 6.29. The molecule has 0 saturated carbocycles. The zero-order valence-corrected chi connectivity index (χ0v) is 11.0. The van der Waals surface area contributed by atoms with Gasteiger partial charge in [-0.25, -0.2) is 0 Å². The maximum absolute atomic E-state index is 11.6. The van der Waals surface area contributed by atoms with Gasteiger partial charge in [0.25, 0.3) is 0 Å². The van der Waals surface area contributed by atoms with Gasteiger partial charge in [0.05, 0.1) is 6.10 Å². The summed E-state index contributed by atoms with van der Waals surface area (Å²) in [7, 11) is 0. The van der Waals surface area contributed by atoms with Crippen molar-refractivity contribution in [3.63, 3.8) is 0 Å². The van der Waals surface area contributed by atoms with Crippen LogP contribution in [0.5, 0.6) is 0 Å². The molecule has 0 bridgehead atoms. The first kappa shape index (κ1) is 15.4. The maximum atomic E-state index is 11.6. The quantitative estimate of drug-likeness (QED) is 0.287. The molecule has 0 fully saturated rings. The lowest BCUT2D eigenvalue weighted by atomic mass is 9.98. The molecular formula is C12H21ClO3. The molecule has 0 radical (unpaired) electrons. The summed E-state index contributed by atoms with van der Waals surface area (Å²) in [6, 6.07) is 0. The maximum Gasteiger partial charge on any atom is 0.316 e. The predicted octanol–water partition coefficient (Wildman–Crippen LogP) is 2.94. The van der Waals surface area contributed by atoms with Gasteiger partial charge in [-0.2, -0.15) is 0 Å². The van der Waals surface area contributed by atoms with Gasteiger partial charge in [-0.15, -0.1) is 11.6 Å². The lowest BCUT2D eigenvalue weighted by Gasteiger charge is -2.15. The van der Waals surface area contributed by atoms with Crippen molar-refractivity contribution in [2.45, 2.75) is 52.6 Å². The molecule has 0 aliphatic heterocycles. The third-order valence-corrected chi connectivity index (χ3v) is 2.52. The molecular weight excluding hydrogens is 228 g/mol. The van der Waals surface area contributed by atoms with E-state index in [1.54, 1.807) is 13.8 Å². The van der Waals surface area contributed by atoms with Crippen molar-refractivity contribution in [3.05, 3.63) is 0 Å². The molecule has 0 saturated heterocycles. The summed E-state index contributed by atoms with van der Waals surface area (Å²) in [4.78, 5) is 22.9. The van der Waals surface area contributed by atoms with Gasteiger partial charge in [-0.3, -0.25) is 9.59 Å². The number of Topliss-reactive ketones (excluding diaryl/α,β-unsaturated/α-hetero) is 1. The molecule has 0 heterocycles. The Balaban J connectivity index is 4.06. The summed E-state index contributed by atoms with van der Waals surface area (Å²) in [5.74, 6) is -0.483. The van der Waals surface area contributed by atoms with Gasteiger partial charge in [0.1, 0.15) is 11.7 Å². The van der Waals surface area contributed by atoms with E-state index in [1.165, 1.54) is 6.92 Å². The first-order chi connectivity index (χ1) is 7.49. The molecule has 0 aliphatic rings. The molecule has 0 aliphatic carbocycles. The van der Waals surface area contributed by atoms with E-state index >= 15 is 0 Å². The minimum Gasteiger partial charge on any atom is -0.462 e. The molecule has 0 aromatic heterocycles. The average molecular weight is 249 g/mol. The molecule has 1 unspecified atom stereocenters. The number of esters is 1. The second-order valence-corrected chi connectivity index (χ2v) is 4.57. The third kappa shape index (κ3) is 6.83. The minimum absolute atomic E-state index is 0.114. The number of hydrogen-bond donors (Lipinski definition) is 0. The zero-order valence-electron chi connectivity index (χ0n) is 10.3. The lowest BCUT2D eigenvalue weighted by Crippen LogP contribution is -2.26. The molecule has 0 spiro atoms. The van der Waals surface area contributed by atoms with Crippen molar-refractivity contribution in [2.75, 3.05) is 5.88 Å². The molecule has 3 nitrogen and oxygen atoms in total. The van der Waals surface area contributed by atoms with Gasteiger partial charge < -0.3 is 4.74 Å². The van der Waals surface area contributed by atoms with Gasteiger partial charge >= 0.3 is 5.97 Å². The Morgan fingerprint density at radius 1 is 1.19 bits per heavy atom. The summed E-state index contributed by atoms with van der Waals surface area (Å²) in [5, 5.41) is 0. The Hall–Kier alpha value is -0.570.